The topological polar surface area (TPSA) is 81.3 Å². The molecule has 126 valence electrons. The Morgan fingerprint density at radius 3 is 3.04 bits per heavy atom. The van der Waals surface area contributed by atoms with Crippen molar-refractivity contribution < 1.29 is 9.59 Å². The van der Waals surface area contributed by atoms with Crippen molar-refractivity contribution in [3.05, 3.63) is 18.2 Å². The normalized spacial score (nSPS) is 22.5. The Hall–Kier alpha value is -1.89. The van der Waals surface area contributed by atoms with Gasteiger partial charge in [-0.05, 0) is 31.7 Å². The van der Waals surface area contributed by atoms with Gasteiger partial charge >= 0.3 is 0 Å². The van der Waals surface area contributed by atoms with Crippen molar-refractivity contribution >= 4 is 11.8 Å². The van der Waals surface area contributed by atoms with E-state index in [0.717, 1.165) is 44.7 Å². The number of amides is 2. The highest BCUT2D eigenvalue weighted by atomic mass is 16.2. The molecule has 2 fully saturated rings. The van der Waals surface area contributed by atoms with Gasteiger partial charge in [0.1, 0.15) is 5.82 Å². The molecule has 1 aromatic rings. The quantitative estimate of drug-likeness (QED) is 0.793. The maximum Gasteiger partial charge on any atom is 0.239 e. The lowest BCUT2D eigenvalue weighted by molar-refractivity contribution is -0.133. The summed E-state index contributed by atoms with van der Waals surface area (Å²) in [5.74, 6) is 1.52. The molecule has 2 aliphatic heterocycles. The van der Waals surface area contributed by atoms with E-state index in [1.165, 1.54) is 0 Å². The molecule has 3 heterocycles. The van der Waals surface area contributed by atoms with Crippen LogP contribution in [0.4, 0.5) is 0 Å². The van der Waals surface area contributed by atoms with Crippen LogP contribution in [0.5, 0.6) is 0 Å². The molecule has 1 unspecified atom stereocenters. The van der Waals surface area contributed by atoms with Crippen LogP contribution in [0.3, 0.4) is 0 Å². The van der Waals surface area contributed by atoms with Gasteiger partial charge in [0, 0.05) is 38.4 Å². The third-order valence-electron chi connectivity index (χ3n) is 4.63. The van der Waals surface area contributed by atoms with Gasteiger partial charge in [-0.15, -0.1) is 0 Å². The first-order valence-electron chi connectivity index (χ1n) is 8.46. The van der Waals surface area contributed by atoms with Crippen LogP contribution < -0.4 is 5.32 Å². The average Bonchev–Trinajstić information content (AvgIpc) is 3.18. The maximum absolute atomic E-state index is 12.0. The summed E-state index contributed by atoms with van der Waals surface area (Å²) in [4.78, 5) is 35.0. The van der Waals surface area contributed by atoms with Crippen LogP contribution in [0, 0.1) is 5.92 Å². The van der Waals surface area contributed by atoms with Gasteiger partial charge in [0.25, 0.3) is 0 Å². The van der Waals surface area contributed by atoms with Crippen molar-refractivity contribution in [2.45, 2.75) is 32.2 Å². The van der Waals surface area contributed by atoms with Crippen molar-refractivity contribution in [3.63, 3.8) is 0 Å². The summed E-state index contributed by atoms with van der Waals surface area (Å²) < 4.78 is 0. The number of likely N-dealkylation sites (tertiary alicyclic amines) is 2. The molecule has 2 N–H and O–H groups in total. The Morgan fingerprint density at radius 1 is 1.39 bits per heavy atom. The van der Waals surface area contributed by atoms with Crippen LogP contribution in [-0.4, -0.2) is 64.3 Å². The summed E-state index contributed by atoms with van der Waals surface area (Å²) in [6.45, 7) is 4.50. The zero-order valence-corrected chi connectivity index (χ0v) is 13.5. The highest BCUT2D eigenvalue weighted by Crippen LogP contribution is 2.17. The van der Waals surface area contributed by atoms with Crippen LogP contribution in [-0.2, 0) is 16.1 Å². The van der Waals surface area contributed by atoms with Crippen molar-refractivity contribution in [1.82, 2.24) is 25.1 Å². The number of aromatic nitrogens is 2. The molecule has 7 nitrogen and oxygen atoms in total. The predicted molar refractivity (Wildman–Crippen MR) is 85.4 cm³/mol. The van der Waals surface area contributed by atoms with E-state index >= 15 is 0 Å². The second-order valence-corrected chi connectivity index (χ2v) is 6.50. The molecule has 2 amide bonds. The minimum Gasteiger partial charge on any atom is -0.354 e. The molecule has 0 aliphatic carbocycles. The van der Waals surface area contributed by atoms with Gasteiger partial charge in [0.05, 0.1) is 13.1 Å². The highest BCUT2D eigenvalue weighted by molar-refractivity contribution is 5.85. The molecule has 0 aromatic carbocycles. The van der Waals surface area contributed by atoms with Crippen molar-refractivity contribution in [2.75, 3.05) is 32.7 Å². The fraction of sp³-hybridized carbons (Fsp3) is 0.688. The number of imidazole rings is 1. The number of nitrogens with one attached hydrogen (secondary N) is 2. The van der Waals surface area contributed by atoms with Gasteiger partial charge in [-0.3, -0.25) is 14.5 Å². The van der Waals surface area contributed by atoms with Gasteiger partial charge in [-0.1, -0.05) is 0 Å². The van der Waals surface area contributed by atoms with Gasteiger partial charge < -0.3 is 15.2 Å². The molecular formula is C16H25N5O2. The van der Waals surface area contributed by atoms with E-state index < -0.39 is 0 Å². The van der Waals surface area contributed by atoms with Gasteiger partial charge in [0.15, 0.2) is 0 Å². The molecule has 0 bridgehead atoms. The summed E-state index contributed by atoms with van der Waals surface area (Å²) in [5, 5.41) is 3.00. The molecular weight excluding hydrogens is 294 g/mol. The van der Waals surface area contributed by atoms with E-state index in [4.69, 9.17) is 0 Å². The Kier molecular flexibility index (Phi) is 5.27. The Labute approximate surface area is 136 Å². The zero-order chi connectivity index (χ0) is 16.1. The lowest BCUT2D eigenvalue weighted by Gasteiger charge is -2.32. The lowest BCUT2D eigenvalue weighted by atomic mass is 9.98. The van der Waals surface area contributed by atoms with E-state index in [9.17, 15) is 9.59 Å². The number of hydrogen-bond donors (Lipinski definition) is 2. The largest absolute Gasteiger partial charge is 0.354 e. The Bertz CT molecular complexity index is 531. The summed E-state index contributed by atoms with van der Waals surface area (Å²) in [7, 11) is 0. The number of aromatic amines is 1. The van der Waals surface area contributed by atoms with Gasteiger partial charge in [-0.2, -0.15) is 0 Å². The number of hydrogen-bond acceptors (Lipinski definition) is 4. The van der Waals surface area contributed by atoms with Crippen molar-refractivity contribution in [1.29, 1.82) is 0 Å². The van der Waals surface area contributed by atoms with Crippen LogP contribution >= 0.6 is 0 Å². The Morgan fingerprint density at radius 2 is 2.30 bits per heavy atom. The third-order valence-corrected chi connectivity index (χ3v) is 4.63. The van der Waals surface area contributed by atoms with Crippen LogP contribution in [0.1, 0.15) is 31.5 Å². The number of nitrogens with zero attached hydrogens (tertiary/aromatic N) is 3. The second kappa shape index (κ2) is 7.59. The molecule has 3 rings (SSSR count). The molecule has 7 heteroatoms. The van der Waals surface area contributed by atoms with Crippen molar-refractivity contribution in [3.8, 4) is 0 Å². The predicted octanol–water partition coefficient (Wildman–Crippen LogP) is 0.360. The number of H-pyrrole nitrogens is 1. The first-order chi connectivity index (χ1) is 11.2. The number of carbonyl (C=O) groups excluding carboxylic acids is 2. The minimum atomic E-state index is -0.0385. The maximum atomic E-state index is 12.0. The molecule has 1 atom stereocenters. The van der Waals surface area contributed by atoms with E-state index in [2.05, 4.69) is 20.2 Å². The summed E-state index contributed by atoms with van der Waals surface area (Å²) in [5.41, 5.74) is 0. The van der Waals surface area contributed by atoms with Gasteiger partial charge in [0.2, 0.25) is 11.8 Å². The number of rotatable bonds is 6. The second-order valence-electron chi connectivity index (χ2n) is 6.50. The molecule has 0 spiro atoms. The lowest BCUT2D eigenvalue weighted by Crippen LogP contribution is -2.43. The Balaban J connectivity index is 1.39. The fourth-order valence-corrected chi connectivity index (χ4v) is 3.42. The molecule has 1 aromatic heterocycles. The highest BCUT2D eigenvalue weighted by Gasteiger charge is 2.24. The smallest absolute Gasteiger partial charge is 0.239 e. The van der Waals surface area contributed by atoms with Crippen LogP contribution in [0.2, 0.25) is 0 Å². The first kappa shape index (κ1) is 16.0. The van der Waals surface area contributed by atoms with Gasteiger partial charge in [-0.25, -0.2) is 4.98 Å². The zero-order valence-electron chi connectivity index (χ0n) is 13.5. The van der Waals surface area contributed by atoms with Crippen LogP contribution in [0.25, 0.3) is 0 Å². The SMILES string of the molecule is O=C(CN1CCCC1=O)NCC1CCCN(Cc2ncc[nH]2)C1. The molecule has 2 aliphatic rings. The van der Waals surface area contributed by atoms with Crippen LogP contribution in [0.15, 0.2) is 12.4 Å². The average molecular weight is 319 g/mol. The number of piperidine rings is 1. The summed E-state index contributed by atoms with van der Waals surface area (Å²) in [6.07, 6.45) is 7.35. The van der Waals surface area contributed by atoms with E-state index in [-0.39, 0.29) is 18.4 Å². The molecule has 0 radical (unpaired) electrons. The third kappa shape index (κ3) is 4.54. The van der Waals surface area contributed by atoms with E-state index in [1.54, 1.807) is 11.1 Å². The number of carbonyl (C=O) groups is 2. The molecule has 2 saturated heterocycles. The molecule has 23 heavy (non-hydrogen) atoms. The fourth-order valence-electron chi connectivity index (χ4n) is 3.42. The monoisotopic (exact) mass is 319 g/mol. The first-order valence-corrected chi connectivity index (χ1v) is 8.46. The van der Waals surface area contributed by atoms with Crippen molar-refractivity contribution in [2.24, 2.45) is 5.92 Å². The summed E-state index contributed by atoms with van der Waals surface area (Å²) >= 11 is 0. The standard InChI is InChI=1S/C16H25N5O2/c22-15(12-21-8-2-4-16(21)23)19-9-13-3-1-7-20(10-13)11-14-17-5-6-18-14/h5-6,13H,1-4,7-12H2,(H,17,18)(H,19,22). The van der Waals surface area contributed by atoms with E-state index in [1.807, 2.05) is 6.20 Å². The molecule has 0 saturated carbocycles. The summed E-state index contributed by atoms with van der Waals surface area (Å²) in [6, 6.07) is 0. The van der Waals surface area contributed by atoms with E-state index in [0.29, 0.717) is 25.4 Å². The minimum absolute atomic E-state index is 0.0385.